The Morgan fingerprint density at radius 2 is 2.40 bits per heavy atom. The van der Waals surface area contributed by atoms with E-state index in [1.165, 1.54) is 0 Å². The molecule has 0 amide bonds. The van der Waals surface area contributed by atoms with Crippen LogP contribution in [0.2, 0.25) is 6.04 Å². The van der Waals surface area contributed by atoms with E-state index < -0.39 is 0 Å². The lowest BCUT2D eigenvalue weighted by Gasteiger charge is -1.64. The lowest BCUT2D eigenvalue weighted by Crippen LogP contribution is -1.51. The molecule has 0 spiro atoms. The zero-order chi connectivity index (χ0) is 4.12. The van der Waals surface area contributed by atoms with Crippen molar-refractivity contribution >= 4 is 10.2 Å². The normalized spacial score (nSPS) is 10.0. The van der Waals surface area contributed by atoms with Crippen LogP contribution in [0.3, 0.4) is 0 Å². The largest absolute Gasteiger partial charge is 0.0922 e. The monoisotopic (exact) mass is 83.0 g/mol. The van der Waals surface area contributed by atoms with Crippen LogP contribution >= 0.6 is 0 Å². The van der Waals surface area contributed by atoms with Gasteiger partial charge in [-0.25, -0.2) is 0 Å². The summed E-state index contributed by atoms with van der Waals surface area (Å²) in [5.41, 5.74) is 0. The van der Waals surface area contributed by atoms with Crippen LogP contribution in [0.1, 0.15) is 6.92 Å². The molecule has 0 aliphatic rings. The van der Waals surface area contributed by atoms with Crippen LogP contribution in [-0.4, -0.2) is 10.2 Å². The highest BCUT2D eigenvalue weighted by molar-refractivity contribution is 6.09. The van der Waals surface area contributed by atoms with Crippen molar-refractivity contribution in [2.45, 2.75) is 13.0 Å². The first-order chi connectivity index (χ1) is 2.41. The SMILES string of the molecule is CC=CC[Si]. The molecule has 0 aromatic carbocycles. The first-order valence-corrected chi connectivity index (χ1v) is 2.38. The van der Waals surface area contributed by atoms with Crippen LogP contribution < -0.4 is 0 Å². The number of allylic oxidation sites excluding steroid dienone is 2. The Labute approximate surface area is 36.3 Å². The predicted molar refractivity (Wildman–Crippen MR) is 25.4 cm³/mol. The number of hydrogen-bond acceptors (Lipinski definition) is 0. The Bertz CT molecular complexity index is 30.6. The lowest BCUT2D eigenvalue weighted by molar-refractivity contribution is 1.63. The second-order valence-electron chi connectivity index (χ2n) is 0.773. The molecule has 0 N–H and O–H groups in total. The minimum Gasteiger partial charge on any atom is -0.0922 e. The fraction of sp³-hybridized carbons (Fsp3) is 0.500. The minimum absolute atomic E-state index is 0.969. The van der Waals surface area contributed by atoms with Crippen LogP contribution in [0.15, 0.2) is 12.2 Å². The van der Waals surface area contributed by atoms with E-state index in [0.717, 1.165) is 6.04 Å². The topological polar surface area (TPSA) is 0 Å². The molecule has 0 saturated carbocycles. The highest BCUT2D eigenvalue weighted by Crippen LogP contribution is 1.70. The van der Waals surface area contributed by atoms with E-state index in [1.807, 2.05) is 19.1 Å². The summed E-state index contributed by atoms with van der Waals surface area (Å²) in [5, 5.41) is 0. The summed E-state index contributed by atoms with van der Waals surface area (Å²) >= 11 is 0. The van der Waals surface area contributed by atoms with Gasteiger partial charge in [-0.2, -0.15) is 0 Å². The van der Waals surface area contributed by atoms with Crippen LogP contribution in [0.4, 0.5) is 0 Å². The van der Waals surface area contributed by atoms with Gasteiger partial charge in [0.15, 0.2) is 0 Å². The van der Waals surface area contributed by atoms with Gasteiger partial charge in [-0.3, -0.25) is 0 Å². The van der Waals surface area contributed by atoms with Gasteiger partial charge < -0.3 is 0 Å². The predicted octanol–water partition coefficient (Wildman–Crippen LogP) is 1.15. The quantitative estimate of drug-likeness (QED) is 0.329. The highest BCUT2D eigenvalue weighted by atomic mass is 28.1. The van der Waals surface area contributed by atoms with Gasteiger partial charge in [0, 0.05) is 10.2 Å². The summed E-state index contributed by atoms with van der Waals surface area (Å²) in [5.74, 6) is 0. The minimum atomic E-state index is 0.969. The van der Waals surface area contributed by atoms with Crippen molar-refractivity contribution in [1.82, 2.24) is 0 Å². The molecule has 0 unspecified atom stereocenters. The van der Waals surface area contributed by atoms with Gasteiger partial charge in [-0.15, -0.1) is 0 Å². The van der Waals surface area contributed by atoms with Crippen molar-refractivity contribution in [3.8, 4) is 0 Å². The first kappa shape index (κ1) is 4.96. The maximum absolute atomic E-state index is 3.26. The Kier molecular flexibility index (Phi) is 3.92. The zero-order valence-corrected chi connectivity index (χ0v) is 4.36. The number of rotatable bonds is 1. The van der Waals surface area contributed by atoms with Gasteiger partial charge in [-0.1, -0.05) is 12.2 Å². The summed E-state index contributed by atoms with van der Waals surface area (Å²) in [6.45, 7) is 2.00. The van der Waals surface area contributed by atoms with E-state index in [9.17, 15) is 0 Å². The van der Waals surface area contributed by atoms with E-state index in [1.54, 1.807) is 0 Å². The third kappa shape index (κ3) is 3.96. The summed E-state index contributed by atoms with van der Waals surface area (Å²) in [6.07, 6.45) is 4.05. The second-order valence-corrected chi connectivity index (χ2v) is 1.18. The Balaban J connectivity index is 2.62. The molecule has 0 aromatic heterocycles. The van der Waals surface area contributed by atoms with Crippen molar-refractivity contribution in [3.05, 3.63) is 12.2 Å². The van der Waals surface area contributed by atoms with Crippen LogP contribution in [0.25, 0.3) is 0 Å². The van der Waals surface area contributed by atoms with Gasteiger partial charge in [0.05, 0.1) is 0 Å². The zero-order valence-electron chi connectivity index (χ0n) is 3.36. The summed E-state index contributed by atoms with van der Waals surface area (Å²) in [4.78, 5) is 0. The Morgan fingerprint density at radius 1 is 1.80 bits per heavy atom. The Morgan fingerprint density at radius 3 is 2.40 bits per heavy atom. The molecule has 5 heavy (non-hydrogen) atoms. The molecule has 0 rings (SSSR count). The maximum atomic E-state index is 3.26. The molecule has 27 valence electrons. The van der Waals surface area contributed by atoms with Crippen molar-refractivity contribution in [2.75, 3.05) is 0 Å². The third-order valence-electron chi connectivity index (χ3n) is 0.354. The van der Waals surface area contributed by atoms with Crippen molar-refractivity contribution < 1.29 is 0 Å². The summed E-state index contributed by atoms with van der Waals surface area (Å²) < 4.78 is 0. The molecule has 3 radical (unpaired) electrons. The van der Waals surface area contributed by atoms with E-state index in [-0.39, 0.29) is 0 Å². The highest BCUT2D eigenvalue weighted by Gasteiger charge is 1.53. The summed E-state index contributed by atoms with van der Waals surface area (Å²) in [7, 11) is 3.26. The molecule has 0 atom stereocenters. The van der Waals surface area contributed by atoms with Crippen LogP contribution in [0, 0.1) is 0 Å². The molecule has 0 aliphatic heterocycles. The smallest absolute Gasteiger partial charge is 0.0275 e. The second kappa shape index (κ2) is 3.96. The molecule has 0 aromatic rings. The fourth-order valence-corrected chi connectivity index (χ4v) is 0.354. The third-order valence-corrected chi connectivity index (χ3v) is 0.589. The molecule has 0 heterocycles. The van der Waals surface area contributed by atoms with E-state index in [4.69, 9.17) is 0 Å². The number of hydrogen-bond donors (Lipinski definition) is 0. The average molecular weight is 83.2 g/mol. The van der Waals surface area contributed by atoms with Crippen molar-refractivity contribution in [3.63, 3.8) is 0 Å². The Hall–Kier alpha value is -0.0431. The molecule has 0 saturated heterocycles. The van der Waals surface area contributed by atoms with E-state index >= 15 is 0 Å². The van der Waals surface area contributed by atoms with Crippen molar-refractivity contribution in [1.29, 1.82) is 0 Å². The first-order valence-electron chi connectivity index (χ1n) is 1.67. The van der Waals surface area contributed by atoms with Crippen LogP contribution in [0.5, 0.6) is 0 Å². The van der Waals surface area contributed by atoms with Crippen LogP contribution in [-0.2, 0) is 0 Å². The lowest BCUT2D eigenvalue weighted by atomic mass is 10.6. The molecule has 0 bridgehead atoms. The average Bonchev–Trinajstić information content (AvgIpc) is 1.41. The van der Waals surface area contributed by atoms with E-state index in [0.29, 0.717) is 0 Å². The fourth-order valence-electron chi connectivity index (χ4n) is 0.118. The molecule has 0 nitrogen and oxygen atoms in total. The standard InChI is InChI=1S/C4H7Si/c1-2-3-4-5/h2-3H,4H2,1H3. The van der Waals surface area contributed by atoms with Gasteiger partial charge >= 0.3 is 0 Å². The molecule has 1 heteroatoms. The maximum Gasteiger partial charge on any atom is 0.0275 e. The van der Waals surface area contributed by atoms with E-state index in [2.05, 4.69) is 10.2 Å². The van der Waals surface area contributed by atoms with Gasteiger partial charge in [0.1, 0.15) is 0 Å². The molecular weight excluding hydrogens is 76.1 g/mol. The van der Waals surface area contributed by atoms with Crippen molar-refractivity contribution in [2.24, 2.45) is 0 Å². The summed E-state index contributed by atoms with van der Waals surface area (Å²) in [6, 6.07) is 0.969. The van der Waals surface area contributed by atoms with Gasteiger partial charge in [0.25, 0.3) is 0 Å². The molecule has 0 aliphatic carbocycles. The molecular formula is C4H7Si. The molecule has 0 fully saturated rings. The van der Waals surface area contributed by atoms with Gasteiger partial charge in [0.2, 0.25) is 0 Å². The van der Waals surface area contributed by atoms with Gasteiger partial charge in [-0.05, 0) is 13.0 Å².